The molecule has 0 spiro atoms. The zero-order valence-corrected chi connectivity index (χ0v) is 16.5. The summed E-state index contributed by atoms with van der Waals surface area (Å²) in [7, 11) is 0. The van der Waals surface area contributed by atoms with Gasteiger partial charge >= 0.3 is 0 Å². The van der Waals surface area contributed by atoms with Crippen molar-refractivity contribution in [2.45, 2.75) is 56.7 Å². The molecular formula is C22H31N3O3. The van der Waals surface area contributed by atoms with Gasteiger partial charge in [0.05, 0.1) is 12.7 Å². The van der Waals surface area contributed by atoms with Gasteiger partial charge in [0.15, 0.2) is 0 Å². The van der Waals surface area contributed by atoms with E-state index in [9.17, 15) is 9.59 Å². The maximum Gasteiger partial charge on any atom is 0.222 e. The fourth-order valence-corrected chi connectivity index (χ4v) is 4.66. The first-order valence-corrected chi connectivity index (χ1v) is 10.7. The Hall–Kier alpha value is -1.92. The zero-order valence-electron chi connectivity index (χ0n) is 16.5. The van der Waals surface area contributed by atoms with Crippen LogP contribution in [0.25, 0.3) is 0 Å². The molecule has 152 valence electrons. The van der Waals surface area contributed by atoms with Crippen LogP contribution in [0.2, 0.25) is 0 Å². The average Bonchev–Trinajstić information content (AvgIpc) is 2.99. The van der Waals surface area contributed by atoms with Gasteiger partial charge in [-0.15, -0.1) is 0 Å². The van der Waals surface area contributed by atoms with Crippen LogP contribution in [-0.4, -0.2) is 66.5 Å². The number of hydrogen-bond donors (Lipinski definition) is 1. The second-order valence-electron chi connectivity index (χ2n) is 8.28. The van der Waals surface area contributed by atoms with Crippen molar-refractivity contribution in [1.82, 2.24) is 15.1 Å². The predicted molar refractivity (Wildman–Crippen MR) is 107 cm³/mol. The molecule has 3 aliphatic rings. The van der Waals surface area contributed by atoms with Crippen molar-refractivity contribution in [2.24, 2.45) is 0 Å². The van der Waals surface area contributed by atoms with E-state index < -0.39 is 0 Å². The number of rotatable bonds is 5. The van der Waals surface area contributed by atoms with E-state index in [1.165, 1.54) is 5.56 Å². The van der Waals surface area contributed by atoms with E-state index in [1.54, 1.807) is 0 Å². The van der Waals surface area contributed by atoms with Crippen LogP contribution >= 0.6 is 0 Å². The van der Waals surface area contributed by atoms with E-state index in [0.717, 1.165) is 45.3 Å². The quantitative estimate of drug-likeness (QED) is 0.843. The van der Waals surface area contributed by atoms with Gasteiger partial charge in [-0.1, -0.05) is 36.8 Å². The summed E-state index contributed by atoms with van der Waals surface area (Å²) >= 11 is 0. The summed E-state index contributed by atoms with van der Waals surface area (Å²) in [6, 6.07) is 10.9. The van der Waals surface area contributed by atoms with Gasteiger partial charge in [0, 0.05) is 51.1 Å². The molecule has 28 heavy (non-hydrogen) atoms. The number of carbonyl (C=O) groups is 2. The van der Waals surface area contributed by atoms with Gasteiger partial charge in [0.25, 0.3) is 0 Å². The Balaban J connectivity index is 1.23. The highest BCUT2D eigenvalue weighted by molar-refractivity contribution is 5.79. The molecule has 4 rings (SSSR count). The number of carbonyl (C=O) groups excluding carboxylic acids is 2. The van der Waals surface area contributed by atoms with Gasteiger partial charge in [0.1, 0.15) is 0 Å². The van der Waals surface area contributed by atoms with E-state index in [0.29, 0.717) is 32.0 Å². The monoisotopic (exact) mass is 385 g/mol. The average molecular weight is 386 g/mol. The third-order valence-electron chi connectivity index (χ3n) is 6.23. The van der Waals surface area contributed by atoms with Crippen LogP contribution in [0.15, 0.2) is 30.3 Å². The van der Waals surface area contributed by atoms with Crippen molar-refractivity contribution in [3.63, 3.8) is 0 Å². The number of amides is 2. The first-order chi connectivity index (χ1) is 13.7. The summed E-state index contributed by atoms with van der Waals surface area (Å²) in [4.78, 5) is 28.8. The maximum atomic E-state index is 12.4. The summed E-state index contributed by atoms with van der Waals surface area (Å²) in [5.74, 6) is 0.259. The Morgan fingerprint density at radius 2 is 2.00 bits per heavy atom. The molecule has 2 amide bonds. The van der Waals surface area contributed by atoms with Gasteiger partial charge in [-0.3, -0.25) is 14.5 Å². The number of fused-ring (bicyclic) bond motifs is 1. The number of ether oxygens (including phenoxy) is 1. The van der Waals surface area contributed by atoms with Gasteiger partial charge in [-0.2, -0.15) is 0 Å². The summed E-state index contributed by atoms with van der Waals surface area (Å²) in [5, 5.41) is 3.19. The van der Waals surface area contributed by atoms with Crippen molar-refractivity contribution < 1.29 is 14.3 Å². The van der Waals surface area contributed by atoms with Crippen molar-refractivity contribution >= 4 is 11.8 Å². The molecule has 0 unspecified atom stereocenters. The second kappa shape index (κ2) is 9.05. The number of nitrogens with zero attached hydrogens (tertiary/aromatic N) is 2. The van der Waals surface area contributed by atoms with Crippen molar-refractivity contribution in [2.75, 3.05) is 32.8 Å². The molecule has 0 aromatic heterocycles. The van der Waals surface area contributed by atoms with Crippen LogP contribution < -0.4 is 5.32 Å². The molecule has 0 radical (unpaired) electrons. The van der Waals surface area contributed by atoms with E-state index in [2.05, 4.69) is 22.3 Å². The Morgan fingerprint density at radius 1 is 1.14 bits per heavy atom. The fourth-order valence-electron chi connectivity index (χ4n) is 4.66. The number of hydrogen-bond acceptors (Lipinski definition) is 4. The molecule has 6 heteroatoms. The molecule has 1 aromatic rings. The molecule has 3 heterocycles. The largest absolute Gasteiger partial charge is 0.371 e. The fraction of sp³-hybridized carbons (Fsp3) is 0.636. The lowest BCUT2D eigenvalue weighted by Crippen LogP contribution is -2.43. The van der Waals surface area contributed by atoms with E-state index in [4.69, 9.17) is 4.74 Å². The standard InChI is InChI=1S/C22H31N3O3/c26-21(10-12-24-11-6-2-5-9-22(24)27)23-18-13-19-16-28-20(15-25(19)14-18)17-7-3-1-4-8-17/h1,3-4,7-8,18-20H,2,5-6,9-16H2,(H,23,26)/t18-,19+,20-/m1/s1. The SMILES string of the molecule is O=C(CCN1CCCCCC1=O)N[C@@H]1C[C@H]2CO[C@@H](c3ccccc3)CN2C1. The molecule has 0 bridgehead atoms. The van der Waals surface area contributed by atoms with Crippen LogP contribution in [-0.2, 0) is 14.3 Å². The molecule has 0 aliphatic carbocycles. The minimum Gasteiger partial charge on any atom is -0.371 e. The van der Waals surface area contributed by atoms with E-state index >= 15 is 0 Å². The van der Waals surface area contributed by atoms with E-state index in [-0.39, 0.29) is 24.0 Å². The first kappa shape index (κ1) is 19.4. The lowest BCUT2D eigenvalue weighted by Gasteiger charge is -2.35. The third-order valence-corrected chi connectivity index (χ3v) is 6.23. The topological polar surface area (TPSA) is 61.9 Å². The zero-order chi connectivity index (χ0) is 19.3. The third kappa shape index (κ3) is 4.73. The Morgan fingerprint density at radius 3 is 2.86 bits per heavy atom. The predicted octanol–water partition coefficient (Wildman–Crippen LogP) is 2.11. The molecule has 3 saturated heterocycles. The lowest BCUT2D eigenvalue weighted by atomic mass is 10.1. The van der Waals surface area contributed by atoms with Crippen LogP contribution in [0.1, 0.15) is 50.2 Å². The van der Waals surface area contributed by atoms with Gasteiger partial charge in [-0.05, 0) is 24.8 Å². The molecule has 3 fully saturated rings. The molecular weight excluding hydrogens is 354 g/mol. The number of morpholine rings is 1. The summed E-state index contributed by atoms with van der Waals surface area (Å²) in [6.07, 6.45) is 5.22. The normalized spacial score (nSPS) is 28.6. The highest BCUT2D eigenvalue weighted by Crippen LogP contribution is 2.30. The molecule has 1 aromatic carbocycles. The maximum absolute atomic E-state index is 12.4. The van der Waals surface area contributed by atoms with E-state index in [1.807, 2.05) is 23.1 Å². The second-order valence-corrected chi connectivity index (χ2v) is 8.28. The Labute approximate surface area is 167 Å². The number of nitrogens with one attached hydrogen (secondary N) is 1. The van der Waals surface area contributed by atoms with Gasteiger partial charge in [-0.25, -0.2) is 0 Å². The van der Waals surface area contributed by atoms with Crippen LogP contribution in [0.3, 0.4) is 0 Å². The highest BCUT2D eigenvalue weighted by atomic mass is 16.5. The van der Waals surface area contributed by atoms with Crippen molar-refractivity contribution in [1.29, 1.82) is 0 Å². The van der Waals surface area contributed by atoms with Crippen molar-refractivity contribution in [3.05, 3.63) is 35.9 Å². The molecule has 3 aliphatic heterocycles. The molecule has 3 atom stereocenters. The Bertz CT molecular complexity index is 681. The van der Waals surface area contributed by atoms with Crippen LogP contribution in [0.4, 0.5) is 0 Å². The smallest absolute Gasteiger partial charge is 0.222 e. The van der Waals surface area contributed by atoms with Crippen molar-refractivity contribution in [3.8, 4) is 0 Å². The summed E-state index contributed by atoms with van der Waals surface area (Å²) in [5.41, 5.74) is 1.22. The molecule has 1 N–H and O–H groups in total. The minimum atomic E-state index is 0.0578. The summed E-state index contributed by atoms with van der Waals surface area (Å²) in [6.45, 7) is 3.82. The minimum absolute atomic E-state index is 0.0578. The first-order valence-electron chi connectivity index (χ1n) is 10.7. The molecule has 0 saturated carbocycles. The Kier molecular flexibility index (Phi) is 6.27. The number of likely N-dealkylation sites (tertiary alicyclic amines) is 1. The van der Waals surface area contributed by atoms with Crippen LogP contribution in [0, 0.1) is 0 Å². The summed E-state index contributed by atoms with van der Waals surface area (Å²) < 4.78 is 6.08. The van der Waals surface area contributed by atoms with Gasteiger partial charge in [0.2, 0.25) is 11.8 Å². The molecule has 6 nitrogen and oxygen atoms in total. The number of benzene rings is 1. The lowest BCUT2D eigenvalue weighted by molar-refractivity contribution is -0.131. The highest BCUT2D eigenvalue weighted by Gasteiger charge is 2.38. The van der Waals surface area contributed by atoms with Crippen LogP contribution in [0.5, 0.6) is 0 Å². The van der Waals surface area contributed by atoms with Gasteiger partial charge < -0.3 is 15.0 Å².